The van der Waals surface area contributed by atoms with E-state index in [1.165, 1.54) is 14.2 Å². The van der Waals surface area contributed by atoms with Crippen molar-refractivity contribution in [2.24, 2.45) is 0 Å². The Hall–Kier alpha value is -4.46. The van der Waals surface area contributed by atoms with Crippen molar-refractivity contribution in [3.05, 3.63) is 83.7 Å². The summed E-state index contributed by atoms with van der Waals surface area (Å²) in [5, 5.41) is 2.83. The third kappa shape index (κ3) is 3.94. The molecule has 168 valence electrons. The Balaban J connectivity index is 1.79. The molecule has 2 aromatic carbocycles. The maximum absolute atomic E-state index is 13.5. The van der Waals surface area contributed by atoms with Crippen LogP contribution in [0.25, 0.3) is 5.52 Å². The normalized spacial score (nSPS) is 10.6. The molecule has 3 N–H and O–H groups in total. The molecule has 0 unspecified atom stereocenters. The number of anilines is 2. The maximum Gasteiger partial charge on any atom is 0.259 e. The van der Waals surface area contributed by atoms with Crippen LogP contribution in [0.2, 0.25) is 0 Å². The number of rotatable bonds is 7. The standard InChI is InChI=1S/C25H23N3O5/c1-31-17-8-6-7-16(14-17)27-25(30)21-18-9-4-5-12-28(18)23(22(21)26)24(29)15-10-11-19(32-2)20(13-15)33-3/h4-14H,26H2,1-3H3,(H,27,30). The number of nitrogen functional groups attached to an aromatic ring is 1. The molecule has 4 aromatic rings. The number of ketones is 1. The Bertz CT molecular complexity index is 1360. The van der Waals surface area contributed by atoms with E-state index < -0.39 is 5.91 Å². The van der Waals surface area contributed by atoms with E-state index >= 15 is 0 Å². The van der Waals surface area contributed by atoms with Gasteiger partial charge in [0.15, 0.2) is 11.5 Å². The van der Waals surface area contributed by atoms with E-state index in [4.69, 9.17) is 19.9 Å². The molecule has 1 amide bonds. The van der Waals surface area contributed by atoms with Crippen LogP contribution in [-0.2, 0) is 0 Å². The van der Waals surface area contributed by atoms with Crippen molar-refractivity contribution in [2.75, 3.05) is 32.4 Å². The highest BCUT2D eigenvalue weighted by molar-refractivity contribution is 6.20. The predicted molar refractivity (Wildman–Crippen MR) is 126 cm³/mol. The lowest BCUT2D eigenvalue weighted by atomic mass is 10.1. The number of nitrogens with two attached hydrogens (primary N) is 1. The van der Waals surface area contributed by atoms with Gasteiger partial charge in [-0.2, -0.15) is 0 Å². The predicted octanol–water partition coefficient (Wildman–Crippen LogP) is 4.03. The van der Waals surface area contributed by atoms with Crippen LogP contribution in [0.1, 0.15) is 26.4 Å². The van der Waals surface area contributed by atoms with E-state index in [1.807, 2.05) is 0 Å². The molecule has 0 spiro atoms. The summed E-state index contributed by atoms with van der Waals surface area (Å²) < 4.78 is 17.4. The number of fused-ring (bicyclic) bond motifs is 1. The molecule has 2 heterocycles. The summed E-state index contributed by atoms with van der Waals surface area (Å²) in [6.07, 6.45) is 1.70. The summed E-state index contributed by atoms with van der Waals surface area (Å²) in [6, 6.07) is 17.1. The average molecular weight is 445 g/mol. The Labute approximate surface area is 190 Å². The lowest BCUT2D eigenvalue weighted by Crippen LogP contribution is -2.14. The third-order valence-electron chi connectivity index (χ3n) is 5.30. The molecule has 0 bridgehead atoms. The second kappa shape index (κ2) is 8.96. The number of hydrogen-bond donors (Lipinski definition) is 2. The smallest absolute Gasteiger partial charge is 0.259 e. The molecule has 0 fully saturated rings. The fourth-order valence-electron chi connectivity index (χ4n) is 3.71. The van der Waals surface area contributed by atoms with Crippen LogP contribution < -0.4 is 25.3 Å². The van der Waals surface area contributed by atoms with Gasteiger partial charge in [-0.25, -0.2) is 0 Å². The maximum atomic E-state index is 13.5. The number of carbonyl (C=O) groups excluding carboxylic acids is 2. The summed E-state index contributed by atoms with van der Waals surface area (Å²) in [5.74, 6) is 0.733. The minimum atomic E-state index is -0.434. The van der Waals surface area contributed by atoms with Crippen LogP contribution >= 0.6 is 0 Å². The van der Waals surface area contributed by atoms with Gasteiger partial charge in [-0.05, 0) is 42.5 Å². The summed E-state index contributed by atoms with van der Waals surface area (Å²) in [6.45, 7) is 0. The van der Waals surface area contributed by atoms with Crippen molar-refractivity contribution < 1.29 is 23.8 Å². The molecule has 0 saturated carbocycles. The van der Waals surface area contributed by atoms with E-state index in [0.717, 1.165) is 0 Å². The molecule has 0 aliphatic heterocycles. The second-order valence-corrected chi connectivity index (χ2v) is 7.18. The van der Waals surface area contributed by atoms with Gasteiger partial charge in [0.25, 0.3) is 5.91 Å². The Morgan fingerprint density at radius 3 is 2.39 bits per heavy atom. The number of pyridine rings is 1. The summed E-state index contributed by atoms with van der Waals surface area (Å²) >= 11 is 0. The van der Waals surface area contributed by atoms with Gasteiger partial charge in [-0.3, -0.25) is 9.59 Å². The highest BCUT2D eigenvalue weighted by Gasteiger charge is 2.26. The summed E-state index contributed by atoms with van der Waals surface area (Å²) in [7, 11) is 4.56. The molecule has 33 heavy (non-hydrogen) atoms. The SMILES string of the molecule is COc1cccc(NC(=O)c2c(N)c(C(=O)c3ccc(OC)c(OC)c3)n3ccccc23)c1. The first-order valence-electron chi connectivity index (χ1n) is 10.1. The lowest BCUT2D eigenvalue weighted by molar-refractivity contribution is 0.102. The van der Waals surface area contributed by atoms with Crippen molar-refractivity contribution in [3.63, 3.8) is 0 Å². The average Bonchev–Trinajstić information content (AvgIpc) is 3.14. The van der Waals surface area contributed by atoms with Gasteiger partial charge in [0, 0.05) is 23.5 Å². The van der Waals surface area contributed by atoms with Crippen LogP contribution in [0, 0.1) is 0 Å². The van der Waals surface area contributed by atoms with Crippen molar-refractivity contribution in [2.45, 2.75) is 0 Å². The van der Waals surface area contributed by atoms with E-state index in [9.17, 15) is 9.59 Å². The van der Waals surface area contributed by atoms with Crippen molar-refractivity contribution in [3.8, 4) is 17.2 Å². The molecule has 0 saturated heterocycles. The van der Waals surface area contributed by atoms with Crippen molar-refractivity contribution >= 4 is 28.6 Å². The third-order valence-corrected chi connectivity index (χ3v) is 5.30. The number of aromatic nitrogens is 1. The highest BCUT2D eigenvalue weighted by atomic mass is 16.5. The van der Waals surface area contributed by atoms with E-state index in [-0.39, 0.29) is 22.7 Å². The highest BCUT2D eigenvalue weighted by Crippen LogP contribution is 2.32. The molecule has 0 radical (unpaired) electrons. The molecule has 0 aliphatic rings. The second-order valence-electron chi connectivity index (χ2n) is 7.18. The van der Waals surface area contributed by atoms with Crippen LogP contribution in [0.3, 0.4) is 0 Å². The van der Waals surface area contributed by atoms with Crippen molar-refractivity contribution in [1.29, 1.82) is 0 Å². The minimum Gasteiger partial charge on any atom is -0.497 e. The number of methoxy groups -OCH3 is 3. The van der Waals surface area contributed by atoms with Gasteiger partial charge < -0.3 is 29.7 Å². The Morgan fingerprint density at radius 2 is 1.67 bits per heavy atom. The van der Waals surface area contributed by atoms with Gasteiger partial charge in [-0.1, -0.05) is 12.1 Å². The quantitative estimate of drug-likeness (QED) is 0.416. The fraction of sp³-hybridized carbons (Fsp3) is 0.120. The van der Waals surface area contributed by atoms with E-state index in [1.54, 1.807) is 78.4 Å². The monoisotopic (exact) mass is 445 g/mol. The number of amides is 1. The molecular formula is C25H23N3O5. The molecule has 4 rings (SSSR count). The van der Waals surface area contributed by atoms with Crippen LogP contribution in [0.5, 0.6) is 17.2 Å². The van der Waals surface area contributed by atoms with Gasteiger partial charge in [0.05, 0.1) is 38.1 Å². The van der Waals surface area contributed by atoms with Gasteiger partial charge in [0.2, 0.25) is 5.78 Å². The molecule has 2 aromatic heterocycles. The van der Waals surface area contributed by atoms with E-state index in [2.05, 4.69) is 5.32 Å². The first-order valence-corrected chi connectivity index (χ1v) is 10.1. The number of ether oxygens (including phenoxy) is 3. The van der Waals surface area contributed by atoms with E-state index in [0.29, 0.717) is 34.0 Å². The molecule has 8 heteroatoms. The largest absolute Gasteiger partial charge is 0.497 e. The zero-order chi connectivity index (χ0) is 23.5. The first kappa shape index (κ1) is 21.8. The summed E-state index contributed by atoms with van der Waals surface area (Å²) in [4.78, 5) is 26.7. The van der Waals surface area contributed by atoms with Gasteiger partial charge in [0.1, 0.15) is 11.4 Å². The fourth-order valence-corrected chi connectivity index (χ4v) is 3.71. The number of benzene rings is 2. The molecule has 8 nitrogen and oxygen atoms in total. The molecular weight excluding hydrogens is 422 g/mol. The van der Waals surface area contributed by atoms with Crippen LogP contribution in [0.15, 0.2) is 66.9 Å². The van der Waals surface area contributed by atoms with Gasteiger partial charge >= 0.3 is 0 Å². The number of nitrogens with zero attached hydrogens (tertiary/aromatic N) is 1. The zero-order valence-corrected chi connectivity index (χ0v) is 18.4. The lowest BCUT2D eigenvalue weighted by Gasteiger charge is -2.09. The van der Waals surface area contributed by atoms with Crippen LogP contribution in [-0.4, -0.2) is 37.4 Å². The first-order chi connectivity index (χ1) is 16.0. The zero-order valence-electron chi connectivity index (χ0n) is 18.4. The van der Waals surface area contributed by atoms with Crippen LogP contribution in [0.4, 0.5) is 11.4 Å². The molecule has 0 aliphatic carbocycles. The topological polar surface area (TPSA) is 104 Å². The number of carbonyl (C=O) groups is 2. The van der Waals surface area contributed by atoms with Gasteiger partial charge in [-0.15, -0.1) is 0 Å². The Kier molecular flexibility index (Phi) is 5.91. The number of nitrogens with one attached hydrogen (secondary N) is 1. The summed E-state index contributed by atoms with van der Waals surface area (Å²) in [5.41, 5.74) is 8.30. The Morgan fingerprint density at radius 1 is 0.879 bits per heavy atom. The molecule has 0 atom stereocenters. The number of hydrogen-bond acceptors (Lipinski definition) is 6. The minimum absolute atomic E-state index is 0.0846. The van der Waals surface area contributed by atoms with Crippen molar-refractivity contribution in [1.82, 2.24) is 4.40 Å².